The van der Waals surface area contributed by atoms with Crippen molar-refractivity contribution in [1.29, 1.82) is 0 Å². The number of carbonyl (C=O) groups is 1. The Morgan fingerprint density at radius 3 is 2.68 bits per heavy atom. The first-order valence-electron chi connectivity index (χ1n) is 6.78. The van der Waals surface area contributed by atoms with E-state index in [2.05, 4.69) is 10.1 Å². The molecule has 2 heterocycles. The number of nitrogens with zero attached hydrogens (tertiary/aromatic N) is 4. The average molecular weight is 298 g/mol. The Balaban J connectivity index is 2.31. The monoisotopic (exact) mass is 298 g/mol. The Bertz CT molecular complexity index is 870. The van der Waals surface area contributed by atoms with E-state index >= 15 is 0 Å². The van der Waals surface area contributed by atoms with Crippen LogP contribution in [0.1, 0.15) is 10.4 Å². The third-order valence-electron chi connectivity index (χ3n) is 3.49. The molecule has 1 amide bonds. The summed E-state index contributed by atoms with van der Waals surface area (Å²) in [5.41, 5.74) is 1.78. The Morgan fingerprint density at radius 1 is 1.27 bits per heavy atom. The van der Waals surface area contributed by atoms with Crippen molar-refractivity contribution in [2.24, 2.45) is 7.05 Å². The van der Waals surface area contributed by atoms with Gasteiger partial charge in [0.1, 0.15) is 5.82 Å². The van der Waals surface area contributed by atoms with E-state index < -0.39 is 0 Å². The van der Waals surface area contributed by atoms with Gasteiger partial charge in [0.25, 0.3) is 5.91 Å². The second kappa shape index (κ2) is 5.22. The van der Waals surface area contributed by atoms with Gasteiger partial charge >= 0.3 is 0 Å². The van der Waals surface area contributed by atoms with Crippen LogP contribution in [0, 0.1) is 5.82 Å². The van der Waals surface area contributed by atoms with Crippen LogP contribution in [0.3, 0.4) is 0 Å². The van der Waals surface area contributed by atoms with Crippen LogP contribution in [0.15, 0.2) is 36.5 Å². The van der Waals surface area contributed by atoms with Gasteiger partial charge in [0.15, 0.2) is 5.65 Å². The lowest BCUT2D eigenvalue weighted by atomic mass is 10.1. The normalized spacial score (nSPS) is 10.9. The fourth-order valence-electron chi connectivity index (χ4n) is 2.34. The van der Waals surface area contributed by atoms with Crippen LogP contribution < -0.4 is 0 Å². The second-order valence-electron chi connectivity index (χ2n) is 5.24. The van der Waals surface area contributed by atoms with E-state index in [4.69, 9.17) is 0 Å². The first kappa shape index (κ1) is 14.2. The summed E-state index contributed by atoms with van der Waals surface area (Å²) in [6.45, 7) is 0. The summed E-state index contributed by atoms with van der Waals surface area (Å²) in [5, 5.41) is 4.80. The highest BCUT2D eigenvalue weighted by molar-refractivity contribution is 6.06. The Labute approximate surface area is 127 Å². The van der Waals surface area contributed by atoms with E-state index in [-0.39, 0.29) is 11.7 Å². The zero-order valence-corrected chi connectivity index (χ0v) is 12.5. The fourth-order valence-corrected chi connectivity index (χ4v) is 2.34. The van der Waals surface area contributed by atoms with Crippen molar-refractivity contribution >= 4 is 16.9 Å². The first-order chi connectivity index (χ1) is 10.5. The average Bonchev–Trinajstić information content (AvgIpc) is 2.87. The lowest BCUT2D eigenvalue weighted by Gasteiger charge is -2.12. The molecule has 0 N–H and O–H groups in total. The predicted molar refractivity (Wildman–Crippen MR) is 81.9 cm³/mol. The second-order valence-corrected chi connectivity index (χ2v) is 5.24. The van der Waals surface area contributed by atoms with Crippen molar-refractivity contribution in [2.45, 2.75) is 0 Å². The molecule has 3 rings (SSSR count). The largest absolute Gasteiger partial charge is 0.345 e. The molecule has 112 valence electrons. The highest BCUT2D eigenvalue weighted by Gasteiger charge is 2.18. The molecule has 0 aliphatic heterocycles. The van der Waals surface area contributed by atoms with Gasteiger partial charge < -0.3 is 4.90 Å². The summed E-state index contributed by atoms with van der Waals surface area (Å²) in [4.78, 5) is 18.3. The SMILES string of the molecule is CN(C)C(=O)c1cc(-c2ccccc2F)nc2c1cnn2C. The number of hydrogen-bond acceptors (Lipinski definition) is 3. The van der Waals surface area contributed by atoms with Gasteiger partial charge in [0, 0.05) is 26.7 Å². The van der Waals surface area contributed by atoms with Crippen molar-refractivity contribution in [1.82, 2.24) is 19.7 Å². The number of pyridine rings is 1. The number of aryl methyl sites for hydroxylation is 1. The highest BCUT2D eigenvalue weighted by atomic mass is 19.1. The molecule has 0 unspecified atom stereocenters. The maximum absolute atomic E-state index is 14.0. The molecular formula is C16H15FN4O. The molecule has 2 aromatic heterocycles. The molecule has 0 aliphatic carbocycles. The number of benzene rings is 1. The first-order valence-corrected chi connectivity index (χ1v) is 6.78. The quantitative estimate of drug-likeness (QED) is 0.730. The van der Waals surface area contributed by atoms with Gasteiger partial charge in [0.2, 0.25) is 0 Å². The molecule has 0 radical (unpaired) electrons. The lowest BCUT2D eigenvalue weighted by molar-refractivity contribution is 0.0829. The van der Waals surface area contributed by atoms with E-state index in [1.807, 2.05) is 0 Å². The molecular weight excluding hydrogens is 283 g/mol. The molecule has 6 heteroatoms. The van der Waals surface area contributed by atoms with E-state index in [9.17, 15) is 9.18 Å². The third kappa shape index (κ3) is 2.22. The molecule has 0 saturated carbocycles. The van der Waals surface area contributed by atoms with E-state index in [1.54, 1.807) is 56.3 Å². The zero-order valence-electron chi connectivity index (χ0n) is 12.5. The number of halogens is 1. The summed E-state index contributed by atoms with van der Waals surface area (Å²) in [6.07, 6.45) is 1.60. The topological polar surface area (TPSA) is 51.0 Å². The van der Waals surface area contributed by atoms with Gasteiger partial charge in [-0.2, -0.15) is 5.10 Å². The smallest absolute Gasteiger partial charge is 0.254 e. The summed E-state index contributed by atoms with van der Waals surface area (Å²) in [6, 6.07) is 7.99. The van der Waals surface area contributed by atoms with Gasteiger partial charge in [0.05, 0.1) is 22.8 Å². The minimum atomic E-state index is -0.375. The van der Waals surface area contributed by atoms with E-state index in [1.165, 1.54) is 11.0 Å². The summed E-state index contributed by atoms with van der Waals surface area (Å²) >= 11 is 0. The number of fused-ring (bicyclic) bond motifs is 1. The molecule has 5 nitrogen and oxygen atoms in total. The number of carbonyl (C=O) groups excluding carboxylic acids is 1. The molecule has 3 aromatic rings. The Morgan fingerprint density at radius 2 is 2.00 bits per heavy atom. The Hall–Kier alpha value is -2.76. The number of hydrogen-bond donors (Lipinski definition) is 0. The summed E-state index contributed by atoms with van der Waals surface area (Å²) < 4.78 is 15.6. The Kier molecular flexibility index (Phi) is 3.36. The van der Waals surface area contributed by atoms with Crippen LogP contribution in [0.5, 0.6) is 0 Å². The highest BCUT2D eigenvalue weighted by Crippen LogP contribution is 2.26. The molecule has 0 fully saturated rings. The third-order valence-corrected chi connectivity index (χ3v) is 3.49. The number of rotatable bonds is 2. The minimum Gasteiger partial charge on any atom is -0.345 e. The molecule has 22 heavy (non-hydrogen) atoms. The van der Waals surface area contributed by atoms with Crippen LogP contribution >= 0.6 is 0 Å². The molecule has 1 aromatic carbocycles. The lowest BCUT2D eigenvalue weighted by Crippen LogP contribution is -2.22. The summed E-state index contributed by atoms with van der Waals surface area (Å²) in [5.74, 6) is -0.544. The summed E-state index contributed by atoms with van der Waals surface area (Å²) in [7, 11) is 5.09. The number of amides is 1. The van der Waals surface area contributed by atoms with Gasteiger partial charge in [-0.05, 0) is 18.2 Å². The standard InChI is InChI=1S/C16H15FN4O/c1-20(2)16(22)11-8-14(10-6-4-5-7-13(10)17)19-15-12(11)9-18-21(15)3/h4-9H,1-3H3. The van der Waals surface area contributed by atoms with Gasteiger partial charge in [-0.1, -0.05) is 12.1 Å². The van der Waals surface area contributed by atoms with Crippen molar-refractivity contribution < 1.29 is 9.18 Å². The molecule has 0 saturated heterocycles. The molecule has 0 atom stereocenters. The molecule has 0 spiro atoms. The van der Waals surface area contributed by atoms with Crippen LogP contribution in [0.25, 0.3) is 22.3 Å². The predicted octanol–water partition coefficient (Wildman–Crippen LogP) is 2.48. The maximum atomic E-state index is 14.0. The van der Waals surface area contributed by atoms with Gasteiger partial charge in [-0.3, -0.25) is 9.48 Å². The fraction of sp³-hybridized carbons (Fsp3) is 0.188. The number of aromatic nitrogens is 3. The van der Waals surface area contributed by atoms with Gasteiger partial charge in [-0.25, -0.2) is 9.37 Å². The van der Waals surface area contributed by atoms with Crippen molar-refractivity contribution in [3.05, 3.63) is 47.9 Å². The van der Waals surface area contributed by atoms with E-state index in [0.29, 0.717) is 27.9 Å². The van der Waals surface area contributed by atoms with Gasteiger partial charge in [-0.15, -0.1) is 0 Å². The molecule has 0 aliphatic rings. The van der Waals surface area contributed by atoms with Crippen molar-refractivity contribution in [3.8, 4) is 11.3 Å². The molecule has 0 bridgehead atoms. The van der Waals surface area contributed by atoms with Crippen molar-refractivity contribution in [2.75, 3.05) is 14.1 Å². The van der Waals surface area contributed by atoms with Crippen LogP contribution in [-0.2, 0) is 7.05 Å². The van der Waals surface area contributed by atoms with Crippen LogP contribution in [0.4, 0.5) is 4.39 Å². The van der Waals surface area contributed by atoms with E-state index in [0.717, 1.165) is 0 Å². The van der Waals surface area contributed by atoms with Crippen LogP contribution in [-0.4, -0.2) is 39.7 Å². The van der Waals surface area contributed by atoms with Crippen LogP contribution in [0.2, 0.25) is 0 Å². The maximum Gasteiger partial charge on any atom is 0.254 e. The minimum absolute atomic E-state index is 0.169. The zero-order chi connectivity index (χ0) is 15.9. The van der Waals surface area contributed by atoms with Crippen molar-refractivity contribution in [3.63, 3.8) is 0 Å².